The highest BCUT2D eigenvalue weighted by molar-refractivity contribution is 5.08. The third-order valence-corrected chi connectivity index (χ3v) is 2.82. The fourth-order valence-corrected chi connectivity index (χ4v) is 1.64. The van der Waals surface area contributed by atoms with Crippen molar-refractivity contribution in [2.45, 2.75) is 44.4 Å². The molecule has 1 aliphatic rings. The molecule has 0 spiro atoms. The van der Waals surface area contributed by atoms with E-state index in [1.807, 2.05) is 6.92 Å². The number of aliphatic hydroxyl groups excluding tert-OH is 1. The van der Waals surface area contributed by atoms with Crippen LogP contribution in [-0.2, 0) is 0 Å². The first-order valence-electron chi connectivity index (χ1n) is 5.19. The van der Waals surface area contributed by atoms with Gasteiger partial charge in [-0.05, 0) is 19.3 Å². The van der Waals surface area contributed by atoms with Crippen molar-refractivity contribution in [1.82, 2.24) is 9.55 Å². The maximum absolute atomic E-state index is 9.95. The van der Waals surface area contributed by atoms with Gasteiger partial charge in [0.1, 0.15) is 6.10 Å². The number of hydrogen-bond donors (Lipinski definition) is 2. The van der Waals surface area contributed by atoms with E-state index in [1.54, 1.807) is 12.5 Å². The zero-order chi connectivity index (χ0) is 10.1. The molecule has 2 unspecified atom stereocenters. The number of hydrogen-bond acceptors (Lipinski definition) is 3. The Hall–Kier alpha value is -0.870. The molecule has 14 heavy (non-hydrogen) atoms. The smallest absolute Gasteiger partial charge is 0.111 e. The molecule has 2 atom stereocenters. The van der Waals surface area contributed by atoms with Crippen LogP contribution in [0.4, 0.5) is 0 Å². The summed E-state index contributed by atoms with van der Waals surface area (Å²) in [4.78, 5) is 4.07. The van der Waals surface area contributed by atoms with Gasteiger partial charge in [0.15, 0.2) is 0 Å². The molecule has 1 heterocycles. The molecule has 0 saturated heterocycles. The molecule has 4 nitrogen and oxygen atoms in total. The molecule has 1 saturated carbocycles. The molecule has 0 aliphatic heterocycles. The average Bonchev–Trinajstić information content (AvgIpc) is 2.94. The summed E-state index contributed by atoms with van der Waals surface area (Å²) in [6.07, 6.45) is 6.09. The Balaban J connectivity index is 2.17. The van der Waals surface area contributed by atoms with Gasteiger partial charge in [-0.3, -0.25) is 0 Å². The third kappa shape index (κ3) is 1.67. The topological polar surface area (TPSA) is 64.1 Å². The first kappa shape index (κ1) is 9.68. The van der Waals surface area contributed by atoms with Crippen LogP contribution in [0.25, 0.3) is 0 Å². The van der Waals surface area contributed by atoms with E-state index >= 15 is 0 Å². The highest BCUT2D eigenvalue weighted by Gasteiger charge is 2.28. The predicted molar refractivity (Wildman–Crippen MR) is 53.7 cm³/mol. The van der Waals surface area contributed by atoms with E-state index in [1.165, 1.54) is 12.8 Å². The Kier molecular flexibility index (Phi) is 2.56. The number of nitrogens with zero attached hydrogens (tertiary/aromatic N) is 2. The van der Waals surface area contributed by atoms with Gasteiger partial charge >= 0.3 is 0 Å². The summed E-state index contributed by atoms with van der Waals surface area (Å²) in [5.74, 6) is 0. The van der Waals surface area contributed by atoms with Crippen molar-refractivity contribution in [3.05, 3.63) is 18.2 Å². The van der Waals surface area contributed by atoms with Crippen molar-refractivity contribution in [3.63, 3.8) is 0 Å². The Morgan fingerprint density at radius 2 is 2.43 bits per heavy atom. The lowest BCUT2D eigenvalue weighted by atomic mass is 10.1. The molecule has 4 heteroatoms. The van der Waals surface area contributed by atoms with Crippen LogP contribution in [0, 0.1) is 0 Å². The number of nitrogens with two attached hydrogens (primary N) is 1. The van der Waals surface area contributed by atoms with Crippen LogP contribution in [0.5, 0.6) is 0 Å². The third-order valence-electron chi connectivity index (χ3n) is 2.82. The van der Waals surface area contributed by atoms with Crippen molar-refractivity contribution in [2.24, 2.45) is 5.73 Å². The summed E-state index contributed by atoms with van der Waals surface area (Å²) in [6, 6.07) is 0.357. The standard InChI is InChI=1S/C10H17N3O/c1-2-8(11)10(14)9-5-12-6-13(9)7-3-4-7/h5-8,10,14H,2-4,11H2,1H3. The van der Waals surface area contributed by atoms with E-state index in [0.29, 0.717) is 6.04 Å². The number of aliphatic hydroxyl groups is 1. The molecule has 2 rings (SSSR count). The monoisotopic (exact) mass is 195 g/mol. The van der Waals surface area contributed by atoms with Gasteiger partial charge in [-0.15, -0.1) is 0 Å². The SMILES string of the molecule is CCC(N)C(O)c1cncn1C1CC1. The lowest BCUT2D eigenvalue weighted by Gasteiger charge is -2.18. The van der Waals surface area contributed by atoms with Crippen LogP contribution in [0.3, 0.4) is 0 Å². The predicted octanol–water partition coefficient (Wildman–Crippen LogP) is 0.989. The van der Waals surface area contributed by atoms with E-state index < -0.39 is 6.10 Å². The highest BCUT2D eigenvalue weighted by atomic mass is 16.3. The second kappa shape index (κ2) is 3.71. The van der Waals surface area contributed by atoms with Crippen LogP contribution in [0.15, 0.2) is 12.5 Å². The van der Waals surface area contributed by atoms with Gasteiger partial charge in [0.2, 0.25) is 0 Å². The van der Waals surface area contributed by atoms with Gasteiger partial charge in [-0.2, -0.15) is 0 Å². The molecule has 0 aromatic carbocycles. The van der Waals surface area contributed by atoms with Crippen molar-refractivity contribution < 1.29 is 5.11 Å². The zero-order valence-electron chi connectivity index (χ0n) is 8.43. The van der Waals surface area contributed by atoms with Crippen molar-refractivity contribution in [1.29, 1.82) is 0 Å². The number of rotatable bonds is 4. The fourth-order valence-electron chi connectivity index (χ4n) is 1.64. The van der Waals surface area contributed by atoms with Crippen LogP contribution in [-0.4, -0.2) is 20.7 Å². The molecule has 1 aromatic heterocycles. The second-order valence-electron chi connectivity index (χ2n) is 3.97. The van der Waals surface area contributed by atoms with E-state index in [-0.39, 0.29) is 6.04 Å². The fraction of sp³-hybridized carbons (Fsp3) is 0.700. The van der Waals surface area contributed by atoms with Gasteiger partial charge in [0.05, 0.1) is 18.2 Å². The van der Waals surface area contributed by atoms with Crippen molar-refractivity contribution in [2.75, 3.05) is 0 Å². The van der Waals surface area contributed by atoms with Gasteiger partial charge in [-0.25, -0.2) is 4.98 Å². The normalized spacial score (nSPS) is 20.8. The maximum atomic E-state index is 9.95. The summed E-state index contributed by atoms with van der Waals surface area (Å²) in [5.41, 5.74) is 6.67. The summed E-state index contributed by atoms with van der Waals surface area (Å²) < 4.78 is 2.06. The number of aromatic nitrogens is 2. The summed E-state index contributed by atoms with van der Waals surface area (Å²) in [5, 5.41) is 9.95. The zero-order valence-corrected chi connectivity index (χ0v) is 8.43. The molecule has 0 bridgehead atoms. The van der Waals surface area contributed by atoms with Crippen LogP contribution in [0.2, 0.25) is 0 Å². The Bertz CT molecular complexity index is 306. The molecule has 1 aliphatic carbocycles. The van der Waals surface area contributed by atoms with E-state index in [4.69, 9.17) is 5.73 Å². The Morgan fingerprint density at radius 3 is 3.00 bits per heavy atom. The van der Waals surface area contributed by atoms with Crippen LogP contribution >= 0.6 is 0 Å². The van der Waals surface area contributed by atoms with Crippen LogP contribution < -0.4 is 5.73 Å². The first-order chi connectivity index (χ1) is 6.74. The largest absolute Gasteiger partial charge is 0.385 e. The minimum absolute atomic E-state index is 0.191. The lowest BCUT2D eigenvalue weighted by Crippen LogP contribution is -2.28. The molecule has 1 aromatic rings. The van der Waals surface area contributed by atoms with E-state index in [9.17, 15) is 5.11 Å². The summed E-state index contributed by atoms with van der Waals surface area (Å²) in [6.45, 7) is 1.98. The van der Waals surface area contributed by atoms with Crippen molar-refractivity contribution >= 4 is 0 Å². The average molecular weight is 195 g/mol. The van der Waals surface area contributed by atoms with E-state index in [2.05, 4.69) is 9.55 Å². The van der Waals surface area contributed by atoms with Gasteiger partial charge in [-0.1, -0.05) is 6.92 Å². The molecule has 0 amide bonds. The van der Waals surface area contributed by atoms with Gasteiger partial charge in [0, 0.05) is 12.1 Å². The molecular formula is C10H17N3O. The minimum Gasteiger partial charge on any atom is -0.385 e. The molecule has 1 fully saturated rings. The van der Waals surface area contributed by atoms with Crippen molar-refractivity contribution in [3.8, 4) is 0 Å². The first-order valence-corrected chi connectivity index (χ1v) is 5.19. The van der Waals surface area contributed by atoms with Gasteiger partial charge < -0.3 is 15.4 Å². The lowest BCUT2D eigenvalue weighted by molar-refractivity contribution is 0.135. The Morgan fingerprint density at radius 1 is 1.71 bits per heavy atom. The maximum Gasteiger partial charge on any atom is 0.111 e. The molecule has 78 valence electrons. The number of imidazole rings is 1. The highest BCUT2D eigenvalue weighted by Crippen LogP contribution is 2.37. The molecule has 3 N–H and O–H groups in total. The Labute approximate surface area is 83.8 Å². The molecule has 0 radical (unpaired) electrons. The summed E-state index contributed by atoms with van der Waals surface area (Å²) in [7, 11) is 0. The second-order valence-corrected chi connectivity index (χ2v) is 3.97. The summed E-state index contributed by atoms with van der Waals surface area (Å²) >= 11 is 0. The van der Waals surface area contributed by atoms with E-state index in [0.717, 1.165) is 12.1 Å². The minimum atomic E-state index is -0.580. The molecular weight excluding hydrogens is 178 g/mol. The van der Waals surface area contributed by atoms with Gasteiger partial charge in [0.25, 0.3) is 0 Å². The van der Waals surface area contributed by atoms with Crippen LogP contribution in [0.1, 0.15) is 44.0 Å². The quantitative estimate of drug-likeness (QED) is 0.753.